The molecule has 1 aliphatic carbocycles. The lowest BCUT2D eigenvalue weighted by Crippen LogP contribution is -2.24. The molecule has 3 rings (SSSR count). The fraction of sp³-hybridized carbons (Fsp3) is 0.375. The van der Waals surface area contributed by atoms with E-state index >= 15 is 0 Å². The second kappa shape index (κ2) is 5.88. The molecule has 0 bridgehead atoms. The second-order valence-electron chi connectivity index (χ2n) is 5.25. The van der Waals surface area contributed by atoms with Crippen molar-refractivity contribution in [2.24, 2.45) is 0 Å². The minimum Gasteiger partial charge on any atom is -0.493 e. The van der Waals surface area contributed by atoms with Gasteiger partial charge in [-0.2, -0.15) is 5.26 Å². The van der Waals surface area contributed by atoms with Crippen LogP contribution in [0.5, 0.6) is 5.75 Å². The van der Waals surface area contributed by atoms with Crippen LogP contribution in [0.25, 0.3) is 0 Å². The minimum atomic E-state index is 0.0731. The van der Waals surface area contributed by atoms with Crippen molar-refractivity contribution in [1.29, 1.82) is 5.26 Å². The van der Waals surface area contributed by atoms with Crippen LogP contribution >= 0.6 is 0 Å². The Hall–Kier alpha value is -2.48. The van der Waals surface area contributed by atoms with Gasteiger partial charge < -0.3 is 4.74 Å². The molecule has 0 amide bonds. The maximum atomic E-state index is 12.0. The van der Waals surface area contributed by atoms with Crippen molar-refractivity contribution in [1.82, 2.24) is 9.13 Å². The second-order valence-corrected chi connectivity index (χ2v) is 5.25. The number of rotatable bonds is 6. The summed E-state index contributed by atoms with van der Waals surface area (Å²) in [6.07, 6.45) is 6.70. The molecule has 1 saturated carbocycles. The molecular formula is C16H17N3O2. The van der Waals surface area contributed by atoms with E-state index in [9.17, 15) is 4.79 Å². The molecule has 2 aromatic rings. The number of nitrogens with zero attached hydrogens (tertiary/aromatic N) is 3. The van der Waals surface area contributed by atoms with Gasteiger partial charge in [0.15, 0.2) is 0 Å². The lowest BCUT2D eigenvalue weighted by atomic mass is 10.2. The molecule has 108 valence electrons. The first-order valence-corrected chi connectivity index (χ1v) is 7.18. The predicted octanol–water partition coefficient (Wildman–Crippen LogP) is 2.33. The number of benzene rings is 1. The summed E-state index contributed by atoms with van der Waals surface area (Å²) in [6.45, 7) is 1.17. The fourth-order valence-electron chi connectivity index (χ4n) is 2.31. The highest BCUT2D eigenvalue weighted by Gasteiger charge is 2.25. The Morgan fingerprint density at radius 2 is 2.19 bits per heavy atom. The fourth-order valence-corrected chi connectivity index (χ4v) is 2.31. The molecule has 0 atom stereocenters. The highest BCUT2D eigenvalue weighted by molar-refractivity contribution is 5.36. The number of aryl methyl sites for hydroxylation is 1. The predicted molar refractivity (Wildman–Crippen MR) is 78.2 cm³/mol. The first kappa shape index (κ1) is 13.5. The van der Waals surface area contributed by atoms with Crippen molar-refractivity contribution in [2.45, 2.75) is 31.8 Å². The zero-order valence-electron chi connectivity index (χ0n) is 11.7. The Morgan fingerprint density at radius 1 is 1.33 bits per heavy atom. The highest BCUT2D eigenvalue weighted by atomic mass is 16.5. The number of nitriles is 1. The van der Waals surface area contributed by atoms with E-state index in [4.69, 9.17) is 10.00 Å². The zero-order chi connectivity index (χ0) is 14.7. The van der Waals surface area contributed by atoms with Gasteiger partial charge >= 0.3 is 5.69 Å². The maximum Gasteiger partial charge on any atom is 0.328 e. The summed E-state index contributed by atoms with van der Waals surface area (Å²) in [6, 6.07) is 9.59. The quantitative estimate of drug-likeness (QED) is 0.764. The van der Waals surface area contributed by atoms with Crippen LogP contribution in [-0.4, -0.2) is 15.7 Å². The normalized spacial score (nSPS) is 13.9. The summed E-state index contributed by atoms with van der Waals surface area (Å²) in [5.74, 6) is 0.692. The van der Waals surface area contributed by atoms with E-state index in [2.05, 4.69) is 6.07 Å². The van der Waals surface area contributed by atoms with Gasteiger partial charge in [0.1, 0.15) is 5.75 Å². The summed E-state index contributed by atoms with van der Waals surface area (Å²) < 4.78 is 9.15. The summed E-state index contributed by atoms with van der Waals surface area (Å²) in [5, 5.41) is 8.82. The molecule has 0 radical (unpaired) electrons. The number of aromatic nitrogens is 2. The molecule has 0 aliphatic heterocycles. The molecule has 5 nitrogen and oxygen atoms in total. The minimum absolute atomic E-state index is 0.0731. The van der Waals surface area contributed by atoms with E-state index in [-0.39, 0.29) is 5.69 Å². The summed E-state index contributed by atoms with van der Waals surface area (Å²) in [7, 11) is 0. The number of imidazole rings is 1. The Labute approximate surface area is 123 Å². The van der Waals surface area contributed by atoms with Crippen molar-refractivity contribution < 1.29 is 4.74 Å². The molecular weight excluding hydrogens is 266 g/mol. The molecule has 1 aliphatic rings. The highest BCUT2D eigenvalue weighted by Crippen LogP contribution is 2.33. The van der Waals surface area contributed by atoms with Crippen LogP contribution in [0.2, 0.25) is 0 Å². The Balaban J connectivity index is 1.50. The van der Waals surface area contributed by atoms with Crippen molar-refractivity contribution in [2.75, 3.05) is 6.61 Å². The van der Waals surface area contributed by atoms with Crippen LogP contribution in [0.1, 0.15) is 30.9 Å². The van der Waals surface area contributed by atoms with Crippen LogP contribution in [0.3, 0.4) is 0 Å². The molecule has 1 aromatic carbocycles. The van der Waals surface area contributed by atoms with Crippen LogP contribution in [0.4, 0.5) is 0 Å². The van der Waals surface area contributed by atoms with E-state index in [0.29, 0.717) is 30.5 Å². The van der Waals surface area contributed by atoms with Crippen LogP contribution in [0.15, 0.2) is 41.5 Å². The third-order valence-corrected chi connectivity index (χ3v) is 3.59. The van der Waals surface area contributed by atoms with Gasteiger partial charge in [0.05, 0.1) is 18.2 Å². The van der Waals surface area contributed by atoms with Gasteiger partial charge in [-0.05, 0) is 37.5 Å². The number of ether oxygens (including phenoxy) is 1. The lowest BCUT2D eigenvalue weighted by Gasteiger charge is -2.06. The average Bonchev–Trinajstić information content (AvgIpc) is 3.29. The van der Waals surface area contributed by atoms with Gasteiger partial charge in [-0.25, -0.2) is 4.79 Å². The summed E-state index contributed by atoms with van der Waals surface area (Å²) in [4.78, 5) is 12.0. The van der Waals surface area contributed by atoms with Crippen molar-refractivity contribution >= 4 is 0 Å². The molecule has 0 unspecified atom stereocenters. The van der Waals surface area contributed by atoms with Gasteiger partial charge in [0.2, 0.25) is 0 Å². The standard InChI is InChI=1S/C16H17N3O2/c17-12-13-3-1-4-15(11-13)21-10-2-7-18-8-9-19(16(18)20)14-5-6-14/h1,3-4,8-9,11,14H,2,5-7,10H2. The molecule has 21 heavy (non-hydrogen) atoms. The SMILES string of the molecule is N#Cc1cccc(OCCCn2ccn(C3CC3)c2=O)c1. The van der Waals surface area contributed by atoms with Gasteiger partial charge in [0.25, 0.3) is 0 Å². The first-order chi connectivity index (χ1) is 10.3. The van der Waals surface area contributed by atoms with E-state index in [0.717, 1.165) is 19.3 Å². The molecule has 5 heteroatoms. The summed E-state index contributed by atoms with van der Waals surface area (Å²) >= 11 is 0. The molecule has 1 fully saturated rings. The van der Waals surface area contributed by atoms with Crippen molar-refractivity contribution in [3.63, 3.8) is 0 Å². The summed E-state index contributed by atoms with van der Waals surface area (Å²) in [5.41, 5.74) is 0.661. The molecule has 0 saturated heterocycles. The van der Waals surface area contributed by atoms with E-state index in [1.165, 1.54) is 0 Å². The van der Waals surface area contributed by atoms with Gasteiger partial charge in [-0.1, -0.05) is 6.07 Å². The number of hydrogen-bond donors (Lipinski definition) is 0. The van der Waals surface area contributed by atoms with Crippen molar-refractivity contribution in [3.05, 3.63) is 52.7 Å². The Bertz CT molecular complexity index is 720. The average molecular weight is 283 g/mol. The largest absolute Gasteiger partial charge is 0.493 e. The third-order valence-electron chi connectivity index (χ3n) is 3.59. The molecule has 1 aromatic heterocycles. The van der Waals surface area contributed by atoms with E-state index in [1.807, 2.05) is 23.0 Å². The van der Waals surface area contributed by atoms with E-state index in [1.54, 1.807) is 22.8 Å². The topological polar surface area (TPSA) is 59.9 Å². The Morgan fingerprint density at radius 3 is 2.95 bits per heavy atom. The maximum absolute atomic E-state index is 12.0. The van der Waals surface area contributed by atoms with Crippen LogP contribution in [-0.2, 0) is 6.54 Å². The van der Waals surface area contributed by atoms with E-state index < -0.39 is 0 Å². The molecule has 0 N–H and O–H groups in total. The first-order valence-electron chi connectivity index (χ1n) is 7.18. The van der Waals surface area contributed by atoms with Gasteiger partial charge in [-0.3, -0.25) is 9.13 Å². The zero-order valence-corrected chi connectivity index (χ0v) is 11.7. The Kier molecular flexibility index (Phi) is 3.78. The number of hydrogen-bond acceptors (Lipinski definition) is 3. The lowest BCUT2D eigenvalue weighted by molar-refractivity contribution is 0.300. The van der Waals surface area contributed by atoms with Crippen molar-refractivity contribution in [3.8, 4) is 11.8 Å². The van der Waals surface area contributed by atoms with Crippen LogP contribution < -0.4 is 10.4 Å². The van der Waals surface area contributed by atoms with Gasteiger partial charge in [-0.15, -0.1) is 0 Å². The third kappa shape index (κ3) is 3.16. The van der Waals surface area contributed by atoms with Crippen LogP contribution in [0, 0.1) is 11.3 Å². The molecule has 1 heterocycles. The smallest absolute Gasteiger partial charge is 0.328 e. The van der Waals surface area contributed by atoms with Gasteiger partial charge in [0, 0.05) is 25.0 Å². The monoisotopic (exact) mass is 283 g/mol. The molecule has 0 spiro atoms.